The van der Waals surface area contributed by atoms with Gasteiger partial charge in [0, 0.05) is 37.7 Å². The molecule has 3 aromatic rings. The van der Waals surface area contributed by atoms with Crippen molar-refractivity contribution in [3.05, 3.63) is 99.8 Å². The molecule has 0 aromatic heterocycles. The lowest BCUT2D eigenvalue weighted by Crippen LogP contribution is -2.48. The van der Waals surface area contributed by atoms with Crippen molar-refractivity contribution in [2.45, 2.75) is 4.90 Å². The zero-order valence-corrected chi connectivity index (χ0v) is 21.5. The maximum Gasteiger partial charge on any atom is 0.257 e. The van der Waals surface area contributed by atoms with Crippen LogP contribution in [0.25, 0.3) is 6.08 Å². The number of nitrogens with zero attached hydrogens (tertiary/aromatic N) is 2. The molecular formula is C26H24Cl2FN3O3S. The summed E-state index contributed by atoms with van der Waals surface area (Å²) in [5, 5.41) is 2.90. The molecule has 10 heteroatoms. The van der Waals surface area contributed by atoms with Crippen molar-refractivity contribution >= 4 is 50.9 Å². The van der Waals surface area contributed by atoms with E-state index < -0.39 is 21.7 Å². The summed E-state index contributed by atoms with van der Waals surface area (Å²) < 4.78 is 42.3. The van der Waals surface area contributed by atoms with Crippen molar-refractivity contribution in [1.82, 2.24) is 9.21 Å². The smallest absolute Gasteiger partial charge is 0.257 e. The van der Waals surface area contributed by atoms with Crippen molar-refractivity contribution in [2.75, 3.05) is 38.0 Å². The van der Waals surface area contributed by atoms with Gasteiger partial charge in [0.15, 0.2) is 0 Å². The van der Waals surface area contributed by atoms with E-state index in [2.05, 4.69) is 16.3 Å². The first-order valence-corrected chi connectivity index (χ1v) is 13.4. The Morgan fingerprint density at radius 3 is 2.36 bits per heavy atom. The fraction of sp³-hybridized carbons (Fsp3) is 0.192. The molecule has 1 N–H and O–H groups in total. The van der Waals surface area contributed by atoms with Crippen LogP contribution in [-0.2, 0) is 10.0 Å². The van der Waals surface area contributed by atoms with Crippen LogP contribution >= 0.6 is 23.2 Å². The molecule has 0 radical (unpaired) electrons. The number of hydrogen-bond donors (Lipinski definition) is 1. The Labute approximate surface area is 220 Å². The average Bonchev–Trinajstić information content (AvgIpc) is 2.86. The highest BCUT2D eigenvalue weighted by atomic mass is 35.5. The largest absolute Gasteiger partial charge is 0.319 e. The first kappa shape index (κ1) is 26.3. The van der Waals surface area contributed by atoms with Crippen molar-refractivity contribution in [3.8, 4) is 0 Å². The van der Waals surface area contributed by atoms with Crippen LogP contribution in [0.3, 0.4) is 0 Å². The molecule has 188 valence electrons. The molecular weight excluding hydrogens is 524 g/mol. The maximum absolute atomic E-state index is 14.8. The van der Waals surface area contributed by atoms with Gasteiger partial charge in [0.2, 0.25) is 10.0 Å². The number of hydrogen-bond acceptors (Lipinski definition) is 4. The normalized spacial score (nSPS) is 15.3. The van der Waals surface area contributed by atoms with E-state index in [1.807, 2.05) is 36.4 Å². The molecule has 4 rings (SSSR count). The SMILES string of the molecule is O=C(Nc1ccc(S(=O)(=O)N2CCN(C/C=C/c3ccccc3)CC2)cc1F)c1ccc(Cl)cc1Cl. The van der Waals surface area contributed by atoms with Gasteiger partial charge in [0.1, 0.15) is 5.82 Å². The van der Waals surface area contributed by atoms with Crippen molar-refractivity contribution < 1.29 is 17.6 Å². The van der Waals surface area contributed by atoms with Gasteiger partial charge in [-0.15, -0.1) is 0 Å². The van der Waals surface area contributed by atoms with Crippen LogP contribution in [0.2, 0.25) is 10.0 Å². The molecule has 0 bridgehead atoms. The second-order valence-corrected chi connectivity index (χ2v) is 11.0. The number of sulfonamides is 1. The second kappa shape index (κ2) is 11.5. The second-order valence-electron chi connectivity index (χ2n) is 8.24. The summed E-state index contributed by atoms with van der Waals surface area (Å²) in [6, 6.07) is 17.7. The van der Waals surface area contributed by atoms with Crippen LogP contribution in [0, 0.1) is 5.82 Å². The van der Waals surface area contributed by atoms with Crippen LogP contribution in [0.4, 0.5) is 10.1 Å². The molecule has 1 heterocycles. The fourth-order valence-corrected chi connectivity index (χ4v) is 5.75. The highest BCUT2D eigenvalue weighted by Crippen LogP contribution is 2.25. The average molecular weight is 548 g/mol. The number of halogens is 3. The van der Waals surface area contributed by atoms with E-state index in [0.717, 1.165) is 11.6 Å². The molecule has 0 aliphatic carbocycles. The zero-order valence-electron chi connectivity index (χ0n) is 19.2. The molecule has 36 heavy (non-hydrogen) atoms. The third-order valence-electron chi connectivity index (χ3n) is 5.81. The van der Waals surface area contributed by atoms with Gasteiger partial charge in [-0.25, -0.2) is 12.8 Å². The summed E-state index contributed by atoms with van der Waals surface area (Å²) in [6.07, 6.45) is 4.09. The molecule has 0 spiro atoms. The molecule has 1 saturated heterocycles. The Hall–Kier alpha value is -2.75. The molecule has 1 fully saturated rings. The lowest BCUT2D eigenvalue weighted by atomic mass is 10.2. The van der Waals surface area contributed by atoms with Gasteiger partial charge in [-0.05, 0) is 42.0 Å². The molecule has 1 amide bonds. The lowest BCUT2D eigenvalue weighted by Gasteiger charge is -2.33. The highest BCUT2D eigenvalue weighted by Gasteiger charge is 2.29. The molecule has 3 aromatic carbocycles. The molecule has 6 nitrogen and oxygen atoms in total. The number of benzene rings is 3. The molecule has 0 saturated carbocycles. The topological polar surface area (TPSA) is 69.7 Å². The zero-order chi connectivity index (χ0) is 25.7. The number of amides is 1. The minimum atomic E-state index is -3.88. The lowest BCUT2D eigenvalue weighted by molar-refractivity contribution is 0.102. The van der Waals surface area contributed by atoms with E-state index in [4.69, 9.17) is 23.2 Å². The van der Waals surface area contributed by atoms with Gasteiger partial charge >= 0.3 is 0 Å². The van der Waals surface area contributed by atoms with Gasteiger partial charge in [-0.1, -0.05) is 65.7 Å². The van der Waals surface area contributed by atoms with E-state index in [0.29, 0.717) is 37.7 Å². The minimum Gasteiger partial charge on any atom is -0.319 e. The maximum atomic E-state index is 14.8. The van der Waals surface area contributed by atoms with Gasteiger partial charge in [-0.3, -0.25) is 9.69 Å². The first-order valence-electron chi connectivity index (χ1n) is 11.2. The van der Waals surface area contributed by atoms with Crippen molar-refractivity contribution in [2.24, 2.45) is 0 Å². The van der Waals surface area contributed by atoms with Gasteiger partial charge < -0.3 is 5.32 Å². The number of anilines is 1. The quantitative estimate of drug-likeness (QED) is 0.429. The Bertz CT molecular complexity index is 1380. The summed E-state index contributed by atoms with van der Waals surface area (Å²) in [5.74, 6) is -1.50. The highest BCUT2D eigenvalue weighted by molar-refractivity contribution is 7.89. The number of piperazine rings is 1. The fourth-order valence-electron chi connectivity index (χ4n) is 3.82. The Kier molecular flexibility index (Phi) is 8.43. The molecule has 1 aliphatic rings. The Morgan fingerprint density at radius 2 is 1.69 bits per heavy atom. The van der Waals surface area contributed by atoms with E-state index in [9.17, 15) is 17.6 Å². The van der Waals surface area contributed by atoms with Crippen molar-refractivity contribution in [3.63, 3.8) is 0 Å². The summed E-state index contributed by atoms with van der Waals surface area (Å²) in [4.78, 5) is 14.5. The monoisotopic (exact) mass is 547 g/mol. The van der Waals surface area contributed by atoms with E-state index >= 15 is 0 Å². The minimum absolute atomic E-state index is 0.119. The first-order chi connectivity index (χ1) is 17.2. The third-order valence-corrected chi connectivity index (χ3v) is 8.25. The van der Waals surface area contributed by atoms with Crippen molar-refractivity contribution in [1.29, 1.82) is 0 Å². The van der Waals surface area contributed by atoms with Crippen LogP contribution in [-0.4, -0.2) is 56.3 Å². The number of carbonyl (C=O) groups is 1. The van der Waals surface area contributed by atoms with Crippen LogP contribution in [0.1, 0.15) is 15.9 Å². The van der Waals surface area contributed by atoms with E-state index in [1.54, 1.807) is 0 Å². The summed E-state index contributed by atoms with van der Waals surface area (Å²) in [5.41, 5.74) is 1.07. The van der Waals surface area contributed by atoms with Gasteiger partial charge in [0.25, 0.3) is 5.91 Å². The molecule has 1 aliphatic heterocycles. The number of carbonyl (C=O) groups excluding carboxylic acids is 1. The predicted molar refractivity (Wildman–Crippen MR) is 141 cm³/mol. The van der Waals surface area contributed by atoms with Crippen LogP contribution < -0.4 is 5.32 Å². The third kappa shape index (κ3) is 6.32. The predicted octanol–water partition coefficient (Wildman–Crippen LogP) is 5.40. The summed E-state index contributed by atoms with van der Waals surface area (Å²) in [7, 11) is -3.88. The van der Waals surface area contributed by atoms with Gasteiger partial charge in [0.05, 0.1) is 21.2 Å². The number of nitrogens with one attached hydrogen (secondary N) is 1. The molecule has 0 atom stereocenters. The number of rotatable bonds is 7. The van der Waals surface area contributed by atoms with Crippen LogP contribution in [0.5, 0.6) is 0 Å². The van der Waals surface area contributed by atoms with Gasteiger partial charge in [-0.2, -0.15) is 4.31 Å². The summed E-state index contributed by atoms with van der Waals surface area (Å²) >= 11 is 11.9. The van der Waals surface area contributed by atoms with E-state index in [1.165, 1.54) is 34.6 Å². The standard InChI is InChI=1S/C26H24Cl2FN3O3S/c27-20-8-10-22(23(28)17-20)26(33)30-25-11-9-21(18-24(25)29)36(34,35)32-15-13-31(14-16-32)12-4-7-19-5-2-1-3-6-19/h1-11,17-18H,12-16H2,(H,30,33)/b7-4+. The summed E-state index contributed by atoms with van der Waals surface area (Å²) in [6.45, 7) is 2.45. The molecule has 0 unspecified atom stereocenters. The van der Waals surface area contributed by atoms with Crippen LogP contribution in [0.15, 0.2) is 77.7 Å². The Balaban J connectivity index is 1.37. The van der Waals surface area contributed by atoms with E-state index in [-0.39, 0.29) is 21.2 Å². The Morgan fingerprint density at radius 1 is 0.972 bits per heavy atom.